The molecule has 1 aromatic heterocycles. The van der Waals surface area contributed by atoms with Gasteiger partial charge in [0, 0.05) is 13.2 Å². The average Bonchev–Trinajstić information content (AvgIpc) is 2.42. The maximum Gasteiger partial charge on any atom is 0.243 e. The van der Waals surface area contributed by atoms with Crippen LogP contribution in [0.5, 0.6) is 0 Å². The van der Waals surface area contributed by atoms with Gasteiger partial charge in [-0.25, -0.2) is 12.8 Å². The first-order chi connectivity index (χ1) is 9.41. The van der Waals surface area contributed by atoms with Crippen molar-refractivity contribution in [1.82, 2.24) is 9.29 Å². The SMILES string of the molecule is CN(Cc1ccccn1)S(=O)(=O)c1ccc(Br)c(F)c1. The van der Waals surface area contributed by atoms with E-state index in [2.05, 4.69) is 20.9 Å². The Morgan fingerprint density at radius 3 is 2.65 bits per heavy atom. The lowest BCUT2D eigenvalue weighted by Gasteiger charge is -2.17. The van der Waals surface area contributed by atoms with Gasteiger partial charge in [0.2, 0.25) is 10.0 Å². The summed E-state index contributed by atoms with van der Waals surface area (Å²) in [5.41, 5.74) is 0.621. The molecule has 20 heavy (non-hydrogen) atoms. The minimum Gasteiger partial charge on any atom is -0.260 e. The van der Waals surface area contributed by atoms with Crippen LogP contribution in [0.4, 0.5) is 4.39 Å². The van der Waals surface area contributed by atoms with Gasteiger partial charge in [0.1, 0.15) is 5.82 Å². The standard InChI is InChI=1S/C13H12BrFN2O2S/c1-17(9-10-4-2-3-7-16-10)20(18,19)11-5-6-12(14)13(15)8-11/h2-8H,9H2,1H3. The van der Waals surface area contributed by atoms with E-state index in [1.54, 1.807) is 24.4 Å². The van der Waals surface area contributed by atoms with Crippen molar-refractivity contribution in [2.45, 2.75) is 11.4 Å². The summed E-state index contributed by atoms with van der Waals surface area (Å²) in [7, 11) is -2.31. The second-order valence-electron chi connectivity index (χ2n) is 4.16. The Morgan fingerprint density at radius 2 is 2.05 bits per heavy atom. The second kappa shape index (κ2) is 5.99. The van der Waals surface area contributed by atoms with E-state index in [1.807, 2.05) is 0 Å². The molecule has 0 aliphatic rings. The number of aromatic nitrogens is 1. The van der Waals surface area contributed by atoms with Crippen molar-refractivity contribution in [2.75, 3.05) is 7.05 Å². The summed E-state index contributed by atoms with van der Waals surface area (Å²) in [5, 5.41) is 0. The van der Waals surface area contributed by atoms with Gasteiger partial charge in [0.05, 0.1) is 21.6 Å². The largest absolute Gasteiger partial charge is 0.260 e. The summed E-state index contributed by atoms with van der Waals surface area (Å²) in [5.74, 6) is -0.614. The van der Waals surface area contributed by atoms with E-state index in [4.69, 9.17) is 0 Å². The van der Waals surface area contributed by atoms with Crippen molar-refractivity contribution in [1.29, 1.82) is 0 Å². The summed E-state index contributed by atoms with van der Waals surface area (Å²) in [4.78, 5) is 3.98. The Bertz CT molecular complexity index is 708. The van der Waals surface area contributed by atoms with Crippen molar-refractivity contribution < 1.29 is 12.8 Å². The van der Waals surface area contributed by atoms with Crippen LogP contribution >= 0.6 is 15.9 Å². The lowest BCUT2D eigenvalue weighted by Crippen LogP contribution is -2.27. The third-order valence-corrected chi connectivity index (χ3v) is 5.15. The minimum atomic E-state index is -3.74. The summed E-state index contributed by atoms with van der Waals surface area (Å²) in [6.07, 6.45) is 1.59. The smallest absolute Gasteiger partial charge is 0.243 e. The lowest BCUT2D eigenvalue weighted by atomic mass is 10.3. The van der Waals surface area contributed by atoms with Crippen molar-refractivity contribution in [3.63, 3.8) is 0 Å². The molecule has 0 saturated heterocycles. The number of halogens is 2. The van der Waals surface area contributed by atoms with Crippen molar-refractivity contribution in [3.05, 3.63) is 58.6 Å². The Morgan fingerprint density at radius 1 is 1.30 bits per heavy atom. The molecule has 0 radical (unpaired) electrons. The van der Waals surface area contributed by atoms with Gasteiger partial charge in [0.15, 0.2) is 0 Å². The van der Waals surface area contributed by atoms with Crippen LogP contribution in [-0.2, 0) is 16.6 Å². The van der Waals surface area contributed by atoms with E-state index in [0.29, 0.717) is 5.69 Å². The van der Waals surface area contributed by atoms with Crippen LogP contribution in [0.3, 0.4) is 0 Å². The summed E-state index contributed by atoms with van der Waals surface area (Å²) in [6, 6.07) is 8.99. The van der Waals surface area contributed by atoms with Crippen LogP contribution in [0.2, 0.25) is 0 Å². The van der Waals surface area contributed by atoms with Gasteiger partial charge in [-0.05, 0) is 46.3 Å². The van der Waals surface area contributed by atoms with Crippen molar-refractivity contribution >= 4 is 26.0 Å². The zero-order chi connectivity index (χ0) is 14.8. The summed E-state index contributed by atoms with van der Waals surface area (Å²) >= 11 is 2.99. The number of pyridine rings is 1. The number of sulfonamides is 1. The van der Waals surface area contributed by atoms with Gasteiger partial charge in [-0.15, -0.1) is 0 Å². The number of nitrogens with zero attached hydrogens (tertiary/aromatic N) is 2. The Kier molecular flexibility index (Phi) is 4.52. The lowest BCUT2D eigenvalue weighted by molar-refractivity contribution is 0.461. The molecule has 0 bridgehead atoms. The highest BCUT2D eigenvalue weighted by molar-refractivity contribution is 9.10. The minimum absolute atomic E-state index is 0.0865. The number of rotatable bonds is 4. The molecule has 2 aromatic rings. The van der Waals surface area contributed by atoms with E-state index >= 15 is 0 Å². The van der Waals surface area contributed by atoms with Gasteiger partial charge >= 0.3 is 0 Å². The zero-order valence-corrected chi connectivity index (χ0v) is 13.0. The molecule has 4 nitrogen and oxygen atoms in total. The van der Waals surface area contributed by atoms with E-state index < -0.39 is 15.8 Å². The van der Waals surface area contributed by atoms with Gasteiger partial charge in [0.25, 0.3) is 0 Å². The van der Waals surface area contributed by atoms with Crippen molar-refractivity contribution in [3.8, 4) is 0 Å². The van der Waals surface area contributed by atoms with Crippen LogP contribution in [0.1, 0.15) is 5.69 Å². The second-order valence-corrected chi connectivity index (χ2v) is 7.06. The third-order valence-electron chi connectivity index (χ3n) is 2.71. The summed E-state index contributed by atoms with van der Waals surface area (Å²) < 4.78 is 39.5. The van der Waals surface area contributed by atoms with Crippen LogP contribution in [0, 0.1) is 5.82 Å². The monoisotopic (exact) mass is 358 g/mol. The molecule has 1 aromatic carbocycles. The highest BCUT2D eigenvalue weighted by Gasteiger charge is 2.22. The van der Waals surface area contributed by atoms with E-state index in [9.17, 15) is 12.8 Å². The van der Waals surface area contributed by atoms with Crippen molar-refractivity contribution in [2.24, 2.45) is 0 Å². The quantitative estimate of drug-likeness (QED) is 0.844. The molecule has 0 spiro atoms. The Labute approximate surface area is 125 Å². The highest BCUT2D eigenvalue weighted by Crippen LogP contribution is 2.22. The number of hydrogen-bond donors (Lipinski definition) is 0. The number of benzene rings is 1. The molecule has 0 saturated carbocycles. The molecular formula is C13H12BrFN2O2S. The van der Waals surface area contributed by atoms with Crippen LogP contribution in [0.25, 0.3) is 0 Å². The van der Waals surface area contributed by atoms with E-state index in [-0.39, 0.29) is 15.9 Å². The van der Waals surface area contributed by atoms with E-state index in [1.165, 1.54) is 19.2 Å². The molecule has 0 aliphatic carbocycles. The summed E-state index contributed by atoms with van der Waals surface area (Å²) in [6.45, 7) is 0.126. The molecule has 0 aliphatic heterocycles. The first-order valence-electron chi connectivity index (χ1n) is 5.72. The first kappa shape index (κ1) is 15.1. The normalized spacial score (nSPS) is 11.8. The molecule has 7 heteroatoms. The van der Waals surface area contributed by atoms with Crippen LogP contribution < -0.4 is 0 Å². The molecule has 0 N–H and O–H groups in total. The fourth-order valence-electron chi connectivity index (χ4n) is 1.62. The zero-order valence-electron chi connectivity index (χ0n) is 10.6. The van der Waals surface area contributed by atoms with Crippen LogP contribution in [0.15, 0.2) is 52.0 Å². The Hall–Kier alpha value is -1.31. The fraction of sp³-hybridized carbons (Fsp3) is 0.154. The van der Waals surface area contributed by atoms with Gasteiger partial charge in [-0.3, -0.25) is 4.98 Å². The Balaban J connectivity index is 2.27. The molecule has 1 heterocycles. The average molecular weight is 359 g/mol. The van der Waals surface area contributed by atoms with Gasteiger partial charge in [-0.2, -0.15) is 4.31 Å². The fourth-order valence-corrected chi connectivity index (χ4v) is 3.02. The molecular weight excluding hydrogens is 347 g/mol. The van der Waals surface area contributed by atoms with Gasteiger partial charge in [-0.1, -0.05) is 6.07 Å². The maximum absolute atomic E-state index is 13.5. The molecule has 0 unspecified atom stereocenters. The predicted octanol–water partition coefficient (Wildman–Crippen LogP) is 2.80. The molecule has 0 amide bonds. The molecule has 0 fully saturated rings. The van der Waals surface area contributed by atoms with E-state index in [0.717, 1.165) is 10.4 Å². The first-order valence-corrected chi connectivity index (χ1v) is 7.96. The molecule has 0 atom stereocenters. The number of hydrogen-bond acceptors (Lipinski definition) is 3. The molecule has 106 valence electrons. The van der Waals surface area contributed by atoms with Gasteiger partial charge < -0.3 is 0 Å². The van der Waals surface area contributed by atoms with Crippen LogP contribution in [-0.4, -0.2) is 24.8 Å². The maximum atomic E-state index is 13.5. The molecule has 2 rings (SSSR count). The highest BCUT2D eigenvalue weighted by atomic mass is 79.9. The third kappa shape index (κ3) is 3.23. The predicted molar refractivity (Wildman–Crippen MR) is 77.0 cm³/mol. The topological polar surface area (TPSA) is 50.3 Å².